The van der Waals surface area contributed by atoms with Crippen LogP contribution in [0.3, 0.4) is 0 Å². The number of hydrogen-bond acceptors (Lipinski definition) is 6. The van der Waals surface area contributed by atoms with Gasteiger partial charge in [0.15, 0.2) is 5.92 Å². The Morgan fingerprint density at radius 1 is 0.757 bits per heavy atom. The third-order valence-electron chi connectivity index (χ3n) is 5.19. The smallest absolute Gasteiger partial charge is 0.408 e. The predicted molar refractivity (Wildman–Crippen MR) is 134 cm³/mol. The zero-order valence-corrected chi connectivity index (χ0v) is 21.0. The van der Waals surface area contributed by atoms with E-state index in [0.717, 1.165) is 0 Å². The van der Waals surface area contributed by atoms with Gasteiger partial charge in [0.05, 0.1) is 6.04 Å². The lowest BCUT2D eigenvalue weighted by Crippen LogP contribution is -2.43. The van der Waals surface area contributed by atoms with Gasteiger partial charge in [-0.2, -0.15) is 0 Å². The number of rotatable bonds is 9. The molecule has 3 aromatic carbocycles. The van der Waals surface area contributed by atoms with Crippen LogP contribution in [0.5, 0.6) is 0 Å². The van der Waals surface area contributed by atoms with Crippen LogP contribution < -0.4 is 5.32 Å². The van der Waals surface area contributed by atoms with Crippen LogP contribution in [0.4, 0.5) is 9.18 Å². The van der Waals surface area contributed by atoms with Crippen molar-refractivity contribution in [3.8, 4) is 0 Å². The Morgan fingerprint density at radius 2 is 1.22 bits per heavy atom. The molecule has 0 fully saturated rings. The molecule has 0 bridgehead atoms. The lowest BCUT2D eigenvalue weighted by atomic mass is 9.92. The quantitative estimate of drug-likeness (QED) is 0.234. The Bertz CT molecular complexity index is 1120. The Kier molecular flexibility index (Phi) is 9.38. The summed E-state index contributed by atoms with van der Waals surface area (Å²) in [5.41, 5.74) is 0.885. The molecular weight excluding hydrogens is 477 g/mol. The summed E-state index contributed by atoms with van der Waals surface area (Å²) in [6, 6.07) is 21.7. The average molecular weight is 508 g/mol. The summed E-state index contributed by atoms with van der Waals surface area (Å²) in [7, 11) is 0. The first-order valence-electron chi connectivity index (χ1n) is 11.8. The molecule has 3 rings (SSSR count). The van der Waals surface area contributed by atoms with Gasteiger partial charge in [-0.15, -0.1) is 0 Å². The van der Waals surface area contributed by atoms with Gasteiger partial charge in [-0.25, -0.2) is 9.18 Å². The lowest BCUT2D eigenvalue weighted by Gasteiger charge is -2.28. The summed E-state index contributed by atoms with van der Waals surface area (Å²) < 4.78 is 30.0. The molecule has 1 amide bonds. The summed E-state index contributed by atoms with van der Waals surface area (Å²) in [4.78, 5) is 39.4. The van der Waals surface area contributed by atoms with E-state index in [0.29, 0.717) is 16.7 Å². The van der Waals surface area contributed by atoms with Gasteiger partial charge in [0.25, 0.3) is 0 Å². The van der Waals surface area contributed by atoms with Crippen LogP contribution in [0.2, 0.25) is 0 Å². The number of alkyl carbamates (subject to hydrolysis) is 1. The van der Waals surface area contributed by atoms with Gasteiger partial charge >= 0.3 is 18.0 Å². The average Bonchev–Trinajstić information content (AvgIpc) is 2.86. The molecule has 0 aliphatic rings. The van der Waals surface area contributed by atoms with Crippen molar-refractivity contribution >= 4 is 18.0 Å². The van der Waals surface area contributed by atoms with Gasteiger partial charge in [0.2, 0.25) is 0 Å². The number of esters is 2. The molecule has 1 atom stereocenters. The summed E-state index contributed by atoms with van der Waals surface area (Å²) in [5, 5.41) is 2.58. The molecule has 1 N–H and O–H groups in total. The highest BCUT2D eigenvalue weighted by Gasteiger charge is 2.40. The van der Waals surface area contributed by atoms with Gasteiger partial charge in [-0.1, -0.05) is 72.8 Å². The van der Waals surface area contributed by atoms with Gasteiger partial charge in [-0.05, 0) is 49.6 Å². The Morgan fingerprint density at radius 3 is 1.65 bits per heavy atom. The standard InChI is InChI=1S/C29H30FNO6/c1-29(2,3)37-28(34)31-25(22-14-16-23(30)17-15-22)24(26(32)35-18-20-10-6-4-7-11-20)27(33)36-19-21-12-8-5-9-13-21/h4-17,24-25H,18-19H2,1-3H3,(H,31,34). The molecule has 3 aromatic rings. The molecule has 0 aliphatic carbocycles. The minimum absolute atomic E-state index is 0.0925. The SMILES string of the molecule is CC(C)(C)OC(=O)NC(c1ccc(F)cc1)C(C(=O)OCc1ccccc1)C(=O)OCc1ccccc1. The second kappa shape index (κ2) is 12.7. The van der Waals surface area contributed by atoms with Crippen molar-refractivity contribution < 1.29 is 33.0 Å². The van der Waals surface area contributed by atoms with Crippen LogP contribution in [0.15, 0.2) is 84.9 Å². The van der Waals surface area contributed by atoms with E-state index in [4.69, 9.17) is 14.2 Å². The van der Waals surface area contributed by atoms with Crippen molar-refractivity contribution in [2.45, 2.75) is 45.6 Å². The van der Waals surface area contributed by atoms with Crippen molar-refractivity contribution in [3.05, 3.63) is 107 Å². The number of carbonyl (C=O) groups excluding carboxylic acids is 3. The molecule has 0 aromatic heterocycles. The zero-order valence-electron chi connectivity index (χ0n) is 21.0. The van der Waals surface area contributed by atoms with Crippen LogP contribution in [0.25, 0.3) is 0 Å². The molecule has 194 valence electrons. The van der Waals surface area contributed by atoms with Crippen molar-refractivity contribution in [2.24, 2.45) is 5.92 Å². The molecule has 0 heterocycles. The minimum Gasteiger partial charge on any atom is -0.460 e. The molecule has 37 heavy (non-hydrogen) atoms. The van der Waals surface area contributed by atoms with Crippen LogP contribution in [0.1, 0.15) is 43.5 Å². The maximum atomic E-state index is 13.7. The molecule has 0 aliphatic heterocycles. The highest BCUT2D eigenvalue weighted by molar-refractivity contribution is 5.96. The number of hydrogen-bond donors (Lipinski definition) is 1. The highest BCUT2D eigenvalue weighted by atomic mass is 19.1. The van der Waals surface area contributed by atoms with E-state index in [-0.39, 0.29) is 13.2 Å². The largest absolute Gasteiger partial charge is 0.460 e. The first-order chi connectivity index (χ1) is 17.6. The van der Waals surface area contributed by atoms with Gasteiger partial charge in [-0.3, -0.25) is 9.59 Å². The summed E-state index contributed by atoms with van der Waals surface area (Å²) >= 11 is 0. The maximum absolute atomic E-state index is 13.7. The van der Waals surface area contributed by atoms with Crippen molar-refractivity contribution in [2.75, 3.05) is 0 Å². The second-order valence-corrected chi connectivity index (χ2v) is 9.34. The molecular formula is C29H30FNO6. The van der Waals surface area contributed by atoms with Crippen LogP contribution in [-0.4, -0.2) is 23.6 Å². The molecule has 1 unspecified atom stereocenters. The summed E-state index contributed by atoms with van der Waals surface area (Å²) in [6.07, 6.45) is -0.862. The van der Waals surface area contributed by atoms with E-state index in [1.165, 1.54) is 24.3 Å². The first kappa shape index (κ1) is 27.4. The van der Waals surface area contributed by atoms with E-state index >= 15 is 0 Å². The van der Waals surface area contributed by atoms with Gasteiger partial charge in [0, 0.05) is 0 Å². The molecule has 0 spiro atoms. The number of carbonyl (C=O) groups is 3. The van der Waals surface area contributed by atoms with Crippen LogP contribution in [-0.2, 0) is 37.0 Å². The number of nitrogens with one attached hydrogen (secondary N) is 1. The highest BCUT2D eigenvalue weighted by Crippen LogP contribution is 2.27. The lowest BCUT2D eigenvalue weighted by molar-refractivity contribution is -0.165. The summed E-state index contributed by atoms with van der Waals surface area (Å²) in [6.45, 7) is 4.85. The maximum Gasteiger partial charge on any atom is 0.408 e. The topological polar surface area (TPSA) is 90.9 Å². The van der Waals surface area contributed by atoms with E-state index in [2.05, 4.69) is 5.32 Å². The predicted octanol–water partition coefficient (Wildman–Crippen LogP) is 5.49. The first-order valence-corrected chi connectivity index (χ1v) is 11.8. The third kappa shape index (κ3) is 8.75. The number of halogens is 1. The van der Waals surface area contributed by atoms with E-state index < -0.39 is 41.4 Å². The fourth-order valence-corrected chi connectivity index (χ4v) is 3.47. The second-order valence-electron chi connectivity index (χ2n) is 9.34. The molecule has 0 radical (unpaired) electrons. The zero-order chi connectivity index (χ0) is 26.8. The van der Waals surface area contributed by atoms with Crippen LogP contribution >= 0.6 is 0 Å². The Hall–Kier alpha value is -4.20. The number of benzene rings is 3. The van der Waals surface area contributed by atoms with E-state index in [9.17, 15) is 18.8 Å². The van der Waals surface area contributed by atoms with Crippen molar-refractivity contribution in [3.63, 3.8) is 0 Å². The summed E-state index contributed by atoms with van der Waals surface area (Å²) in [5.74, 6) is -3.93. The normalized spacial score (nSPS) is 11.9. The molecule has 0 saturated heterocycles. The molecule has 0 saturated carbocycles. The monoisotopic (exact) mass is 507 g/mol. The van der Waals surface area contributed by atoms with Crippen molar-refractivity contribution in [1.29, 1.82) is 0 Å². The Labute approximate surface area is 215 Å². The fraction of sp³-hybridized carbons (Fsp3) is 0.276. The van der Waals surface area contributed by atoms with Crippen LogP contribution in [0, 0.1) is 11.7 Å². The van der Waals surface area contributed by atoms with E-state index in [1.807, 2.05) is 12.1 Å². The minimum atomic E-state index is -1.59. The van der Waals surface area contributed by atoms with Crippen molar-refractivity contribution in [1.82, 2.24) is 5.32 Å². The molecule has 8 heteroatoms. The van der Waals surface area contributed by atoms with Gasteiger partial charge < -0.3 is 19.5 Å². The van der Waals surface area contributed by atoms with Gasteiger partial charge in [0.1, 0.15) is 24.6 Å². The Balaban J connectivity index is 1.91. The fourth-order valence-electron chi connectivity index (χ4n) is 3.47. The number of ether oxygens (including phenoxy) is 3. The van der Waals surface area contributed by atoms with E-state index in [1.54, 1.807) is 69.3 Å². The third-order valence-corrected chi connectivity index (χ3v) is 5.19. The molecule has 7 nitrogen and oxygen atoms in total. The number of amides is 1.